The third kappa shape index (κ3) is 6.23. The summed E-state index contributed by atoms with van der Waals surface area (Å²) in [6.45, 7) is 13.8. The molecule has 1 saturated heterocycles. The van der Waals surface area contributed by atoms with Gasteiger partial charge in [0.2, 0.25) is 0 Å². The van der Waals surface area contributed by atoms with Crippen molar-refractivity contribution in [2.24, 2.45) is 11.3 Å². The van der Waals surface area contributed by atoms with Crippen LogP contribution in [0.1, 0.15) is 54.4 Å². The van der Waals surface area contributed by atoms with Gasteiger partial charge in [-0.1, -0.05) is 0 Å². The molecule has 0 saturated carbocycles. The molecule has 2 atom stereocenters. The Bertz CT molecular complexity index is 421. The minimum atomic E-state index is -0.454. The van der Waals surface area contributed by atoms with Crippen LogP contribution in [0.25, 0.3) is 0 Å². The predicted molar refractivity (Wildman–Crippen MR) is 87.4 cm³/mol. The largest absolute Gasteiger partial charge is 0.444 e. The molecule has 1 aliphatic rings. The van der Waals surface area contributed by atoms with Gasteiger partial charge in [0.05, 0.1) is 11.5 Å². The summed E-state index contributed by atoms with van der Waals surface area (Å²) in [5.41, 5.74) is -0.821. The molecule has 1 fully saturated rings. The van der Waals surface area contributed by atoms with Crippen LogP contribution < -0.4 is 5.32 Å². The average Bonchev–Trinajstić information content (AvgIpc) is 2.43. The van der Waals surface area contributed by atoms with E-state index in [0.717, 1.165) is 25.9 Å². The molecule has 1 N–H and O–H groups in total. The van der Waals surface area contributed by atoms with E-state index in [1.807, 2.05) is 39.5 Å². The maximum atomic E-state index is 12.2. The maximum Gasteiger partial charge on any atom is 0.410 e. The van der Waals surface area contributed by atoms with E-state index in [4.69, 9.17) is 10.00 Å². The smallest absolute Gasteiger partial charge is 0.410 e. The number of carbonyl (C=O) groups excluding carboxylic acids is 1. The van der Waals surface area contributed by atoms with Crippen molar-refractivity contribution in [1.29, 1.82) is 5.26 Å². The number of carbonyl (C=O) groups is 1. The number of piperidine rings is 1. The van der Waals surface area contributed by atoms with E-state index in [1.54, 1.807) is 0 Å². The van der Waals surface area contributed by atoms with Gasteiger partial charge in [0, 0.05) is 25.7 Å². The minimum absolute atomic E-state index is 0.221. The summed E-state index contributed by atoms with van der Waals surface area (Å²) in [6.07, 6.45) is 1.87. The first-order valence-electron chi connectivity index (χ1n) is 8.17. The Kier molecular flexibility index (Phi) is 6.25. The van der Waals surface area contributed by atoms with Crippen LogP contribution in [0.15, 0.2) is 0 Å². The molecular weight excluding hydrogens is 278 g/mol. The zero-order valence-electron chi connectivity index (χ0n) is 14.9. The molecule has 5 heteroatoms. The Labute approximate surface area is 135 Å². The normalized spacial score (nSPS) is 21.1. The number of ether oxygens (including phenoxy) is 1. The van der Waals surface area contributed by atoms with E-state index in [-0.39, 0.29) is 17.6 Å². The molecule has 5 nitrogen and oxygen atoms in total. The highest BCUT2D eigenvalue weighted by atomic mass is 16.6. The second-order valence-corrected chi connectivity index (χ2v) is 7.99. The zero-order valence-corrected chi connectivity index (χ0v) is 14.9. The van der Waals surface area contributed by atoms with Gasteiger partial charge in [-0.05, 0) is 60.3 Å². The fraction of sp³-hybridized carbons (Fsp3) is 0.882. The molecule has 22 heavy (non-hydrogen) atoms. The molecule has 0 radical (unpaired) electrons. The first-order valence-corrected chi connectivity index (χ1v) is 8.17. The summed E-state index contributed by atoms with van der Waals surface area (Å²) in [5.74, 6) is 0.399. The Hall–Kier alpha value is -1.28. The highest BCUT2D eigenvalue weighted by Gasteiger charge is 2.30. The molecule has 1 rings (SSSR count). The van der Waals surface area contributed by atoms with E-state index >= 15 is 0 Å². The molecule has 1 amide bonds. The molecule has 0 bridgehead atoms. The lowest BCUT2D eigenvalue weighted by Gasteiger charge is -2.37. The Balaban J connectivity index is 2.52. The second kappa shape index (κ2) is 7.32. The van der Waals surface area contributed by atoms with Crippen molar-refractivity contribution in [3.8, 4) is 6.07 Å². The number of likely N-dealkylation sites (tertiary alicyclic amines) is 1. The number of nitriles is 1. The predicted octanol–water partition coefficient (Wildman–Crippen LogP) is 3.16. The summed E-state index contributed by atoms with van der Waals surface area (Å²) in [6, 6.07) is 2.58. The number of hydrogen-bond acceptors (Lipinski definition) is 4. The van der Waals surface area contributed by atoms with Gasteiger partial charge in [-0.25, -0.2) is 4.79 Å². The number of hydrogen-bond donors (Lipinski definition) is 1. The van der Waals surface area contributed by atoms with Gasteiger partial charge >= 0.3 is 6.09 Å². The van der Waals surface area contributed by atoms with Crippen LogP contribution in [-0.2, 0) is 4.74 Å². The van der Waals surface area contributed by atoms with Crippen LogP contribution in [0, 0.1) is 22.7 Å². The number of amides is 1. The SMILES string of the molecule is CC(NCC(C)(C)C#N)C1CCCN(C(=O)OC(C)(C)C)C1. The fourth-order valence-corrected chi connectivity index (χ4v) is 2.53. The second-order valence-electron chi connectivity index (χ2n) is 7.99. The van der Waals surface area contributed by atoms with Gasteiger partial charge in [-0.15, -0.1) is 0 Å². The third-order valence-corrected chi connectivity index (χ3v) is 3.99. The summed E-state index contributed by atoms with van der Waals surface area (Å²) >= 11 is 0. The topological polar surface area (TPSA) is 65.4 Å². The summed E-state index contributed by atoms with van der Waals surface area (Å²) in [4.78, 5) is 14.0. The number of rotatable bonds is 4. The van der Waals surface area contributed by atoms with Crippen LogP contribution >= 0.6 is 0 Å². The monoisotopic (exact) mass is 309 g/mol. The molecule has 0 spiro atoms. The molecular formula is C17H31N3O2. The lowest BCUT2D eigenvalue weighted by molar-refractivity contribution is 0.0147. The molecule has 1 aliphatic heterocycles. The Morgan fingerprint density at radius 2 is 2.05 bits per heavy atom. The van der Waals surface area contributed by atoms with Crippen molar-refractivity contribution >= 4 is 6.09 Å². The van der Waals surface area contributed by atoms with Gasteiger partial charge in [-0.3, -0.25) is 0 Å². The molecule has 0 aromatic rings. The highest BCUT2D eigenvalue weighted by Crippen LogP contribution is 2.22. The van der Waals surface area contributed by atoms with Crippen molar-refractivity contribution < 1.29 is 9.53 Å². The van der Waals surface area contributed by atoms with Crippen molar-refractivity contribution in [3.63, 3.8) is 0 Å². The van der Waals surface area contributed by atoms with E-state index in [1.165, 1.54) is 0 Å². The van der Waals surface area contributed by atoms with Crippen LogP contribution in [0.2, 0.25) is 0 Å². The molecule has 1 heterocycles. The van der Waals surface area contributed by atoms with Crippen molar-refractivity contribution in [3.05, 3.63) is 0 Å². The summed E-state index contributed by atoms with van der Waals surface area (Å²) in [7, 11) is 0. The molecule has 0 aromatic carbocycles. The lowest BCUT2D eigenvalue weighted by Crippen LogP contribution is -2.49. The number of nitrogens with zero attached hydrogens (tertiary/aromatic N) is 2. The highest BCUT2D eigenvalue weighted by molar-refractivity contribution is 5.68. The van der Waals surface area contributed by atoms with Crippen LogP contribution in [0.4, 0.5) is 4.79 Å². The van der Waals surface area contributed by atoms with Crippen molar-refractivity contribution in [2.75, 3.05) is 19.6 Å². The minimum Gasteiger partial charge on any atom is -0.444 e. The molecule has 0 aliphatic carbocycles. The average molecular weight is 309 g/mol. The number of nitrogens with one attached hydrogen (secondary N) is 1. The van der Waals surface area contributed by atoms with Crippen LogP contribution in [0.5, 0.6) is 0 Å². The molecule has 126 valence electrons. The van der Waals surface area contributed by atoms with E-state index < -0.39 is 5.60 Å². The van der Waals surface area contributed by atoms with Gasteiger partial charge in [-0.2, -0.15) is 5.26 Å². The Morgan fingerprint density at radius 3 is 2.59 bits per heavy atom. The van der Waals surface area contributed by atoms with E-state index in [2.05, 4.69) is 18.3 Å². The van der Waals surface area contributed by atoms with Crippen LogP contribution in [0.3, 0.4) is 0 Å². The lowest BCUT2D eigenvalue weighted by atomic mass is 9.90. The van der Waals surface area contributed by atoms with Crippen molar-refractivity contribution in [2.45, 2.75) is 66.0 Å². The van der Waals surface area contributed by atoms with Gasteiger partial charge in [0.1, 0.15) is 5.60 Å². The van der Waals surface area contributed by atoms with Gasteiger partial charge in [0.15, 0.2) is 0 Å². The van der Waals surface area contributed by atoms with Crippen LogP contribution in [-0.4, -0.2) is 42.3 Å². The first kappa shape index (κ1) is 18.8. The standard InChI is InChI=1S/C17H31N3O2/c1-13(19-12-17(5,6)11-18)14-8-7-9-20(10-14)15(21)22-16(2,3)4/h13-14,19H,7-10,12H2,1-6H3. The van der Waals surface area contributed by atoms with E-state index in [0.29, 0.717) is 12.5 Å². The first-order chi connectivity index (χ1) is 10.0. The summed E-state index contributed by atoms with van der Waals surface area (Å²) in [5, 5.41) is 12.5. The molecule has 0 aromatic heterocycles. The Morgan fingerprint density at radius 1 is 1.41 bits per heavy atom. The van der Waals surface area contributed by atoms with Gasteiger partial charge in [0.25, 0.3) is 0 Å². The quantitative estimate of drug-likeness (QED) is 0.866. The zero-order chi connectivity index (χ0) is 17.0. The third-order valence-electron chi connectivity index (χ3n) is 3.99. The maximum absolute atomic E-state index is 12.2. The summed E-state index contributed by atoms with van der Waals surface area (Å²) < 4.78 is 5.46. The molecule has 2 unspecified atom stereocenters. The fourth-order valence-electron chi connectivity index (χ4n) is 2.53. The van der Waals surface area contributed by atoms with Crippen molar-refractivity contribution in [1.82, 2.24) is 10.2 Å². The van der Waals surface area contributed by atoms with Gasteiger partial charge < -0.3 is 15.0 Å². The van der Waals surface area contributed by atoms with E-state index in [9.17, 15) is 4.79 Å².